The maximum atomic E-state index is 14.0. The van der Waals surface area contributed by atoms with Crippen LogP contribution >= 0.6 is 15.9 Å². The summed E-state index contributed by atoms with van der Waals surface area (Å²) in [5.74, 6) is 0.963. The maximum Gasteiger partial charge on any atom is 0.336 e. The molecular formula is C31H36BrNO8. The van der Waals surface area contributed by atoms with Crippen molar-refractivity contribution in [2.75, 3.05) is 48.3 Å². The Balaban J connectivity index is 1.82. The molecule has 1 aliphatic carbocycles. The highest BCUT2D eigenvalue weighted by Crippen LogP contribution is 2.49. The van der Waals surface area contributed by atoms with E-state index in [9.17, 15) is 9.59 Å². The molecule has 0 saturated carbocycles. The molecule has 0 radical (unpaired) electrons. The molecule has 0 spiro atoms. The van der Waals surface area contributed by atoms with Gasteiger partial charge in [-0.05, 0) is 77.5 Å². The summed E-state index contributed by atoms with van der Waals surface area (Å²) in [6.07, 6.45) is 0.846. The Kier molecular flexibility index (Phi) is 9.99. The predicted octanol–water partition coefficient (Wildman–Crippen LogP) is 5.42. The number of halogens is 1. The van der Waals surface area contributed by atoms with E-state index in [2.05, 4.69) is 21.2 Å². The first-order valence-corrected chi connectivity index (χ1v) is 14.2. The second kappa shape index (κ2) is 13.4. The van der Waals surface area contributed by atoms with Gasteiger partial charge in [-0.25, -0.2) is 4.79 Å². The van der Waals surface area contributed by atoms with Crippen molar-refractivity contribution >= 4 is 27.7 Å². The molecule has 2 aromatic rings. The van der Waals surface area contributed by atoms with E-state index < -0.39 is 11.9 Å². The van der Waals surface area contributed by atoms with E-state index in [4.69, 9.17) is 28.4 Å². The van der Waals surface area contributed by atoms with Crippen LogP contribution in [0.25, 0.3) is 0 Å². The first kappa shape index (κ1) is 30.5. The molecule has 0 aromatic heterocycles. The number of carbonyl (C=O) groups is 2. The number of benzene rings is 2. The van der Waals surface area contributed by atoms with Crippen molar-refractivity contribution in [1.29, 1.82) is 0 Å². The second-order valence-corrected chi connectivity index (χ2v) is 10.6. The van der Waals surface area contributed by atoms with Crippen molar-refractivity contribution in [3.8, 4) is 23.0 Å². The average Bonchev–Trinajstić information content (AvgIpc) is 2.96. The third kappa shape index (κ3) is 6.23. The van der Waals surface area contributed by atoms with Crippen LogP contribution in [-0.2, 0) is 19.1 Å². The number of rotatable bonds is 11. The molecular weight excluding hydrogens is 594 g/mol. The molecule has 0 bridgehead atoms. The van der Waals surface area contributed by atoms with E-state index in [1.165, 1.54) is 0 Å². The Morgan fingerprint density at radius 2 is 1.68 bits per heavy atom. The van der Waals surface area contributed by atoms with Gasteiger partial charge in [0.2, 0.25) is 0 Å². The fourth-order valence-electron chi connectivity index (χ4n) is 5.50. The highest BCUT2D eigenvalue weighted by molar-refractivity contribution is 9.10. The lowest BCUT2D eigenvalue weighted by molar-refractivity contribution is -0.140. The summed E-state index contributed by atoms with van der Waals surface area (Å²) < 4.78 is 33.6. The molecule has 2 aromatic carbocycles. The number of ketones is 1. The number of nitrogens with one attached hydrogen (secondary N) is 1. The lowest BCUT2D eigenvalue weighted by Gasteiger charge is -2.37. The Morgan fingerprint density at radius 1 is 0.951 bits per heavy atom. The minimum atomic E-state index is -0.665. The summed E-state index contributed by atoms with van der Waals surface area (Å²) in [6.45, 7) is 4.48. The first-order valence-electron chi connectivity index (χ1n) is 13.4. The summed E-state index contributed by atoms with van der Waals surface area (Å²) >= 11 is 3.59. The van der Waals surface area contributed by atoms with E-state index in [-0.39, 0.29) is 31.3 Å². The highest BCUT2D eigenvalue weighted by Gasteiger charge is 2.42. The van der Waals surface area contributed by atoms with Gasteiger partial charge >= 0.3 is 5.97 Å². The molecule has 0 fully saturated rings. The van der Waals surface area contributed by atoms with Crippen LogP contribution in [0.2, 0.25) is 0 Å². The number of methoxy groups -OCH3 is 4. The monoisotopic (exact) mass is 629 g/mol. The third-order valence-corrected chi connectivity index (χ3v) is 7.91. The second-order valence-electron chi connectivity index (χ2n) is 9.73. The predicted molar refractivity (Wildman–Crippen MR) is 157 cm³/mol. The average molecular weight is 631 g/mol. The van der Waals surface area contributed by atoms with Gasteiger partial charge in [0.25, 0.3) is 0 Å². The molecule has 0 unspecified atom stereocenters. The third-order valence-electron chi connectivity index (χ3n) is 7.32. The molecule has 1 N–H and O–H groups in total. The Morgan fingerprint density at radius 3 is 2.34 bits per heavy atom. The summed E-state index contributed by atoms with van der Waals surface area (Å²) in [6, 6.07) is 9.42. The number of esters is 1. The number of Topliss-reactive ketones (excluding diaryl/α,β-unsaturated/α-hetero) is 1. The summed E-state index contributed by atoms with van der Waals surface area (Å²) in [5, 5.41) is 3.38. The van der Waals surface area contributed by atoms with Crippen LogP contribution in [0.3, 0.4) is 0 Å². The molecule has 1 aliphatic heterocycles. The van der Waals surface area contributed by atoms with Crippen molar-refractivity contribution < 1.29 is 38.0 Å². The van der Waals surface area contributed by atoms with Gasteiger partial charge in [0.1, 0.15) is 6.61 Å². The first-order chi connectivity index (χ1) is 19.8. The van der Waals surface area contributed by atoms with E-state index in [1.807, 2.05) is 44.2 Å². The Hall–Kier alpha value is -3.50. The SMILES string of the molecule is CCOc1cc([C@@H]2C(C(=O)OCCOC)=C(C)NC3=C2C(=O)C[C@H](c2ccc(OC)c(OC)c2)C3)cc(Br)c1OC. The Bertz CT molecular complexity index is 1380. The smallest absolute Gasteiger partial charge is 0.336 e. The summed E-state index contributed by atoms with van der Waals surface area (Å²) in [4.78, 5) is 27.5. The van der Waals surface area contributed by atoms with Crippen LogP contribution in [0.5, 0.6) is 23.0 Å². The van der Waals surface area contributed by atoms with Crippen LogP contribution in [0.4, 0.5) is 0 Å². The molecule has 0 amide bonds. The molecule has 220 valence electrons. The van der Waals surface area contributed by atoms with Crippen molar-refractivity contribution in [2.24, 2.45) is 0 Å². The lowest BCUT2D eigenvalue weighted by Crippen LogP contribution is -2.36. The van der Waals surface area contributed by atoms with Crippen molar-refractivity contribution in [1.82, 2.24) is 5.32 Å². The van der Waals surface area contributed by atoms with Crippen molar-refractivity contribution in [3.63, 3.8) is 0 Å². The number of allylic oxidation sites excluding steroid dienone is 3. The maximum absolute atomic E-state index is 14.0. The van der Waals surface area contributed by atoms with Gasteiger partial charge in [-0.2, -0.15) is 0 Å². The van der Waals surface area contributed by atoms with Gasteiger partial charge < -0.3 is 33.7 Å². The molecule has 9 nitrogen and oxygen atoms in total. The van der Waals surface area contributed by atoms with Crippen LogP contribution in [0, 0.1) is 0 Å². The highest BCUT2D eigenvalue weighted by atomic mass is 79.9. The van der Waals surface area contributed by atoms with Crippen LogP contribution in [0.1, 0.15) is 49.7 Å². The molecule has 1 heterocycles. The van der Waals surface area contributed by atoms with Gasteiger partial charge in [-0.1, -0.05) is 6.07 Å². The van der Waals surface area contributed by atoms with Gasteiger partial charge in [-0.15, -0.1) is 0 Å². The standard InChI is InChI=1S/C31H36BrNO8/c1-7-40-26-16-20(12-21(32)30(26)39-6)28-27(31(35)41-11-10-36-3)17(2)33-22-13-19(14-23(34)29(22)28)18-8-9-24(37-4)25(15-18)38-5/h8-9,12,15-16,19,28,33H,7,10-11,13-14H2,1-6H3/t19-,28-/m1/s1. The fraction of sp³-hybridized carbons (Fsp3) is 0.419. The molecule has 0 saturated heterocycles. The number of dihydropyridines is 1. The molecule has 2 aliphatic rings. The number of hydrogen-bond donors (Lipinski definition) is 1. The molecule has 4 rings (SSSR count). The molecule has 41 heavy (non-hydrogen) atoms. The normalized spacial score (nSPS) is 18.5. The number of ether oxygens (including phenoxy) is 6. The topological polar surface area (TPSA) is 102 Å². The van der Waals surface area contributed by atoms with E-state index >= 15 is 0 Å². The van der Waals surface area contributed by atoms with Gasteiger partial charge in [0, 0.05) is 36.4 Å². The van der Waals surface area contributed by atoms with E-state index in [0.717, 1.165) is 11.3 Å². The van der Waals surface area contributed by atoms with Gasteiger partial charge in [0.05, 0.1) is 44.6 Å². The van der Waals surface area contributed by atoms with E-state index in [0.29, 0.717) is 62.9 Å². The van der Waals surface area contributed by atoms with Crippen LogP contribution in [0.15, 0.2) is 57.3 Å². The zero-order valence-electron chi connectivity index (χ0n) is 24.2. The minimum absolute atomic E-state index is 0.0527. The zero-order valence-corrected chi connectivity index (χ0v) is 25.8. The summed E-state index contributed by atoms with van der Waals surface area (Å²) in [7, 11) is 6.29. The molecule has 10 heteroatoms. The van der Waals surface area contributed by atoms with Crippen molar-refractivity contribution in [3.05, 3.63) is 68.5 Å². The minimum Gasteiger partial charge on any atom is -0.493 e. The van der Waals surface area contributed by atoms with Crippen LogP contribution < -0.4 is 24.3 Å². The number of hydrogen-bond acceptors (Lipinski definition) is 9. The van der Waals surface area contributed by atoms with E-state index in [1.54, 1.807) is 28.4 Å². The Labute approximate surface area is 248 Å². The largest absolute Gasteiger partial charge is 0.493 e. The fourth-order valence-corrected chi connectivity index (χ4v) is 6.12. The van der Waals surface area contributed by atoms with Crippen LogP contribution in [-0.4, -0.2) is 60.0 Å². The molecule has 2 atom stereocenters. The van der Waals surface area contributed by atoms with Crippen molar-refractivity contribution in [2.45, 2.75) is 38.5 Å². The number of carbonyl (C=O) groups excluding carboxylic acids is 2. The lowest BCUT2D eigenvalue weighted by atomic mass is 9.71. The zero-order chi connectivity index (χ0) is 29.7. The summed E-state index contributed by atoms with van der Waals surface area (Å²) in [5.41, 5.74) is 4.01. The van der Waals surface area contributed by atoms with Gasteiger partial charge in [0.15, 0.2) is 28.8 Å². The quantitative estimate of drug-likeness (QED) is 0.258. The van der Waals surface area contributed by atoms with Gasteiger partial charge in [-0.3, -0.25) is 4.79 Å².